The van der Waals surface area contributed by atoms with Crippen molar-refractivity contribution >= 4 is 16.2 Å². The minimum Gasteiger partial charge on any atom is -1.00 e. The van der Waals surface area contributed by atoms with Crippen molar-refractivity contribution in [3.8, 4) is 11.3 Å². The van der Waals surface area contributed by atoms with Gasteiger partial charge in [-0.1, -0.05) is 45.2 Å². The third-order valence-corrected chi connectivity index (χ3v) is 5.00. The molecule has 0 radical (unpaired) electrons. The molecule has 1 heterocycles. The van der Waals surface area contributed by atoms with Crippen molar-refractivity contribution in [3.05, 3.63) is 77.1 Å². The van der Waals surface area contributed by atoms with Gasteiger partial charge in [0.25, 0.3) is 0 Å². The number of allylic oxidation sites excluding steroid dienone is 4. The van der Waals surface area contributed by atoms with Crippen LogP contribution in [0.2, 0.25) is 13.1 Å². The number of benzene rings is 1. The Labute approximate surface area is 209 Å². The van der Waals surface area contributed by atoms with Gasteiger partial charge < -0.3 is 29.2 Å². The monoisotopic (exact) mass is 534 g/mol. The molecule has 0 fully saturated rings. The van der Waals surface area contributed by atoms with Crippen LogP contribution in [0.1, 0.15) is 33.3 Å². The number of aryl methyl sites for hydroxylation is 1. The minimum absolute atomic E-state index is 0. The fraction of sp³-hybridized carbons (Fsp3) is 0.320. The molecule has 30 heavy (non-hydrogen) atoms. The molecule has 0 N–H and O–H groups in total. The quantitative estimate of drug-likeness (QED) is 0.341. The molecule has 2 aromatic carbocycles. The topological polar surface area (TPSA) is 13.1 Å². The van der Waals surface area contributed by atoms with E-state index in [1.165, 1.54) is 38.6 Å². The molecule has 0 spiro atoms. The summed E-state index contributed by atoms with van der Waals surface area (Å²) in [5.41, 5.74) is 6.94. The minimum atomic E-state index is 0. The Hall–Kier alpha value is -0.730. The van der Waals surface area contributed by atoms with Crippen LogP contribution >= 0.6 is 0 Å². The van der Waals surface area contributed by atoms with Crippen LogP contribution in [0.25, 0.3) is 22.1 Å². The van der Waals surface area contributed by atoms with E-state index in [-0.39, 0.29) is 30.2 Å². The van der Waals surface area contributed by atoms with E-state index in [0.717, 1.165) is 5.76 Å². The van der Waals surface area contributed by atoms with Gasteiger partial charge in [0, 0.05) is 0 Å². The first-order valence-electron chi connectivity index (χ1n) is 9.70. The van der Waals surface area contributed by atoms with Gasteiger partial charge >= 0.3 is 41.9 Å². The van der Waals surface area contributed by atoms with Gasteiger partial charge in [0.2, 0.25) is 0 Å². The standard InChI is InChI=1S/C14H11O.C9H13.C2H6Si.2ClH.Zr/c1-10-9-11-5-2-3-6-12(11)14(10)13-7-4-8-15-13;1-6-5-7(2)9(4)8(6)3;1-3-2;;;/h2-9H,1H3;6H,1-4H3;1-2H3;2*1H;/q2*-1;;;;+2/p-2. The molecule has 1 atom stereocenters. The van der Waals surface area contributed by atoms with Crippen molar-refractivity contribution in [1.29, 1.82) is 0 Å². The van der Waals surface area contributed by atoms with Crippen LogP contribution in [0, 0.1) is 18.9 Å². The molecule has 0 aliphatic heterocycles. The molecular weight excluding hydrogens is 506 g/mol. The zero-order valence-electron chi connectivity index (χ0n) is 18.9. The molecule has 0 bridgehead atoms. The van der Waals surface area contributed by atoms with Gasteiger partial charge in [-0.2, -0.15) is 11.1 Å². The van der Waals surface area contributed by atoms with Crippen LogP contribution < -0.4 is 24.8 Å². The summed E-state index contributed by atoms with van der Waals surface area (Å²) in [4.78, 5) is 0. The van der Waals surface area contributed by atoms with E-state index in [1.807, 2.05) is 12.1 Å². The summed E-state index contributed by atoms with van der Waals surface area (Å²) in [6, 6.07) is 14.5. The van der Waals surface area contributed by atoms with E-state index in [9.17, 15) is 0 Å². The zero-order chi connectivity index (χ0) is 20.8. The summed E-state index contributed by atoms with van der Waals surface area (Å²) in [6.07, 6.45) is 5.08. The molecule has 1 aromatic heterocycles. The second-order valence-corrected chi connectivity index (χ2v) is 16.9. The molecular formula is C25H30Cl2OSiZr-2. The molecule has 0 saturated heterocycles. The normalized spacial score (nSPS) is 14.6. The predicted molar refractivity (Wildman–Crippen MR) is 119 cm³/mol. The Morgan fingerprint density at radius 3 is 2.03 bits per heavy atom. The smallest absolute Gasteiger partial charge is 0.0899 e. The molecule has 0 saturated carbocycles. The number of hydrogen-bond acceptors (Lipinski definition) is 1. The van der Waals surface area contributed by atoms with Crippen molar-refractivity contribution in [2.45, 2.75) is 47.7 Å². The van der Waals surface area contributed by atoms with Crippen molar-refractivity contribution in [3.63, 3.8) is 0 Å². The summed E-state index contributed by atoms with van der Waals surface area (Å²) in [7, 11) is 0. The maximum Gasteiger partial charge on any atom is 0.0899 e. The maximum atomic E-state index is 5.47. The van der Waals surface area contributed by atoms with Crippen molar-refractivity contribution < 1.29 is 52.6 Å². The summed E-state index contributed by atoms with van der Waals surface area (Å²) in [5.74, 6) is 1.51. The van der Waals surface area contributed by atoms with Crippen molar-refractivity contribution in [2.75, 3.05) is 0 Å². The predicted octanol–water partition coefficient (Wildman–Crippen LogP) is 1.64. The van der Waals surface area contributed by atoms with E-state index >= 15 is 0 Å². The average Bonchev–Trinajstić information content (AvgIpc) is 3.31. The van der Waals surface area contributed by atoms with Gasteiger partial charge in [0.05, 0.1) is 12.0 Å². The van der Waals surface area contributed by atoms with Crippen LogP contribution in [-0.4, -0.2) is 5.43 Å². The Balaban J connectivity index is 0.000000486. The summed E-state index contributed by atoms with van der Waals surface area (Å²) in [6.45, 7) is 15.4. The van der Waals surface area contributed by atoms with E-state index in [4.69, 9.17) is 4.42 Å². The number of fused-ring (bicyclic) bond motifs is 1. The van der Waals surface area contributed by atoms with E-state index < -0.39 is 0 Å². The van der Waals surface area contributed by atoms with Crippen LogP contribution in [0.5, 0.6) is 0 Å². The second kappa shape index (κ2) is 13.6. The molecule has 4 rings (SSSR count). The van der Waals surface area contributed by atoms with Gasteiger partial charge in [0.15, 0.2) is 0 Å². The number of halogens is 2. The number of hydrogen-bond donors (Lipinski definition) is 0. The SMILES string of the molecule is CC1=[C-]C(C)C(C)=C1C.C[Si](C)=[Zr+2].Cc1[cH-]c2ccccc2c1-c1ccco1.[Cl-].[Cl-]. The molecule has 1 aliphatic rings. The first kappa shape index (κ1) is 29.3. The largest absolute Gasteiger partial charge is 1.00 e. The molecule has 1 aliphatic carbocycles. The summed E-state index contributed by atoms with van der Waals surface area (Å²) in [5, 5.41) is 2.55. The molecule has 5 heteroatoms. The number of furan rings is 1. The summed E-state index contributed by atoms with van der Waals surface area (Å²) >= 11 is 1.74. The molecule has 3 aromatic rings. The fourth-order valence-corrected chi connectivity index (χ4v) is 3.28. The third-order valence-electron chi connectivity index (χ3n) is 5.00. The number of rotatable bonds is 1. The van der Waals surface area contributed by atoms with Crippen molar-refractivity contribution in [2.24, 2.45) is 5.92 Å². The van der Waals surface area contributed by atoms with E-state index in [2.05, 4.69) is 84.1 Å². The molecule has 1 nitrogen and oxygen atoms in total. The second-order valence-electron chi connectivity index (χ2n) is 7.57. The first-order valence-corrected chi connectivity index (χ1v) is 15.9. The molecule has 160 valence electrons. The van der Waals surface area contributed by atoms with Crippen molar-refractivity contribution in [1.82, 2.24) is 0 Å². The molecule has 0 amide bonds. The van der Waals surface area contributed by atoms with E-state index in [0.29, 0.717) is 5.92 Å². The Bertz CT molecular complexity index is 1010. The maximum absolute atomic E-state index is 5.47. The van der Waals surface area contributed by atoms with Crippen LogP contribution in [0.15, 0.2) is 69.9 Å². The summed E-state index contributed by atoms with van der Waals surface area (Å²) < 4.78 is 5.47. The van der Waals surface area contributed by atoms with Gasteiger partial charge in [0.1, 0.15) is 0 Å². The van der Waals surface area contributed by atoms with Crippen LogP contribution in [0.4, 0.5) is 0 Å². The van der Waals surface area contributed by atoms with Gasteiger partial charge in [-0.3, -0.25) is 6.08 Å². The van der Waals surface area contributed by atoms with E-state index in [1.54, 1.807) is 29.6 Å². The Morgan fingerprint density at radius 2 is 1.60 bits per heavy atom. The fourth-order valence-electron chi connectivity index (χ4n) is 3.28. The zero-order valence-corrected chi connectivity index (χ0v) is 23.8. The average molecular weight is 537 g/mol. The van der Waals surface area contributed by atoms with Gasteiger partial charge in [-0.15, -0.1) is 47.5 Å². The van der Waals surface area contributed by atoms with Gasteiger partial charge in [-0.05, 0) is 12.1 Å². The molecule has 1 unspecified atom stereocenters. The third kappa shape index (κ3) is 7.75. The Morgan fingerprint density at radius 1 is 1.00 bits per heavy atom. The van der Waals surface area contributed by atoms with Gasteiger partial charge in [-0.25, -0.2) is 5.57 Å². The Kier molecular flexibility index (Phi) is 13.3. The first-order chi connectivity index (χ1) is 13.2. The van der Waals surface area contributed by atoms with Crippen LogP contribution in [-0.2, 0) is 23.3 Å². The van der Waals surface area contributed by atoms with Crippen LogP contribution in [0.3, 0.4) is 0 Å².